The van der Waals surface area contributed by atoms with Crippen LogP contribution in [0.15, 0.2) is 66.7 Å². The minimum absolute atomic E-state index is 0. The molecule has 4 nitrogen and oxygen atoms in total. The van der Waals surface area contributed by atoms with E-state index in [0.717, 1.165) is 11.4 Å². The van der Waals surface area contributed by atoms with E-state index in [1.165, 1.54) is 60.5 Å². The zero-order valence-electron chi connectivity index (χ0n) is 25.1. The average molecular weight is 755 g/mol. The van der Waals surface area contributed by atoms with Crippen LogP contribution >= 0.6 is 50.7 Å². The van der Waals surface area contributed by atoms with E-state index in [2.05, 4.69) is 67.0 Å². The van der Waals surface area contributed by atoms with E-state index >= 15 is 0 Å². The summed E-state index contributed by atoms with van der Waals surface area (Å²) in [6.45, 7) is 11.7. The Morgan fingerprint density at radius 2 is 1.45 bits per heavy atom. The van der Waals surface area contributed by atoms with Gasteiger partial charge in [-0.1, -0.05) is 81.6 Å². The lowest BCUT2D eigenvalue weighted by molar-refractivity contribution is -0.936. The predicted octanol–water partition coefficient (Wildman–Crippen LogP) is 6.83. The van der Waals surface area contributed by atoms with E-state index in [9.17, 15) is 13.6 Å². The molecule has 1 aliphatic carbocycles. The third-order valence-corrected chi connectivity index (χ3v) is 8.85. The Morgan fingerprint density at radius 1 is 0.955 bits per heavy atom. The van der Waals surface area contributed by atoms with Gasteiger partial charge in [0, 0.05) is 37.9 Å². The molecule has 0 spiro atoms. The van der Waals surface area contributed by atoms with Gasteiger partial charge in [0.25, 0.3) is 0 Å². The lowest BCUT2D eigenvalue weighted by atomic mass is 9.96. The number of halogens is 7. The van der Waals surface area contributed by atoms with Gasteiger partial charge in [0.05, 0.1) is 37.5 Å². The summed E-state index contributed by atoms with van der Waals surface area (Å²) in [5.74, 6) is -1.20. The summed E-state index contributed by atoms with van der Waals surface area (Å²) in [7, 11) is 0. The van der Waals surface area contributed by atoms with Crippen LogP contribution in [0.25, 0.3) is 0 Å². The maximum atomic E-state index is 13.4. The van der Waals surface area contributed by atoms with Crippen LogP contribution in [-0.4, -0.2) is 46.4 Å². The Bertz CT molecular complexity index is 1310. The molecule has 0 bridgehead atoms. The molecule has 1 N–H and O–H groups in total. The van der Waals surface area contributed by atoms with Gasteiger partial charge in [0.1, 0.15) is 18.2 Å². The van der Waals surface area contributed by atoms with Crippen LogP contribution in [0.1, 0.15) is 50.3 Å². The monoisotopic (exact) mass is 752 g/mol. The van der Waals surface area contributed by atoms with E-state index in [4.69, 9.17) is 45.2 Å². The van der Waals surface area contributed by atoms with Crippen molar-refractivity contribution in [1.29, 1.82) is 5.26 Å². The van der Waals surface area contributed by atoms with Crippen molar-refractivity contribution in [2.75, 3.05) is 30.8 Å². The predicted molar refractivity (Wildman–Crippen MR) is 177 cm³/mol. The second-order valence-corrected chi connectivity index (χ2v) is 11.9. The van der Waals surface area contributed by atoms with Crippen molar-refractivity contribution >= 4 is 56.7 Å². The van der Waals surface area contributed by atoms with Crippen molar-refractivity contribution in [3.8, 4) is 6.07 Å². The van der Waals surface area contributed by atoms with Gasteiger partial charge in [-0.15, -0.1) is 11.6 Å². The van der Waals surface area contributed by atoms with E-state index in [1.54, 1.807) is 6.07 Å². The van der Waals surface area contributed by atoms with Gasteiger partial charge in [-0.05, 0) is 57.9 Å². The van der Waals surface area contributed by atoms with Crippen LogP contribution in [0.3, 0.4) is 0 Å². The molecule has 1 saturated carbocycles. The van der Waals surface area contributed by atoms with Crippen molar-refractivity contribution in [3.05, 3.63) is 105 Å². The summed E-state index contributed by atoms with van der Waals surface area (Å²) < 4.78 is 27.4. The molecule has 0 unspecified atom stereocenters. The molecule has 0 aliphatic heterocycles. The first-order chi connectivity index (χ1) is 20.5. The van der Waals surface area contributed by atoms with Gasteiger partial charge >= 0.3 is 5.97 Å². The van der Waals surface area contributed by atoms with Crippen LogP contribution in [0, 0.1) is 23.0 Å². The number of nitriles is 1. The fourth-order valence-corrected chi connectivity index (χ4v) is 4.65. The molecule has 3 aromatic carbocycles. The number of alkyl halides is 2. The fourth-order valence-electron chi connectivity index (χ4n) is 4.33. The maximum absolute atomic E-state index is 13.4. The Hall–Kier alpha value is -1.92. The Morgan fingerprint density at radius 3 is 1.84 bits per heavy atom. The smallest absolute Gasteiger partial charge is 0.314 e. The Balaban J connectivity index is 0.000000591. The zero-order chi connectivity index (χ0) is 32.5. The molecule has 0 saturated heterocycles. The van der Waals surface area contributed by atoms with E-state index in [0.29, 0.717) is 29.3 Å². The highest BCUT2D eigenvalue weighted by molar-refractivity contribution is 9.09. The standard InChI is InChI=1S/C13H22N.C10H8ClFO2.C8H5ClFN.C2H4BrCl.ClH/c1-4-14(5-2,6-3)12-13-10-8-7-9-11-13;11-6-1-2-7(8(12)5-6)10(3-4-10)9(13)14;9-7-2-1-6(3-4-11)8(10)5-7;3-1-2-4;/h7-11H,4-6,12H2,1-3H3;1-2,5H,3-4H2,(H,13,14);1-2,5H,3H2;1-2H2;1H/q+1;;;;/p-1. The van der Waals surface area contributed by atoms with Crippen molar-refractivity contribution in [2.24, 2.45) is 0 Å². The second kappa shape index (κ2) is 21.8. The van der Waals surface area contributed by atoms with Crippen molar-refractivity contribution in [2.45, 2.75) is 52.0 Å². The molecular formula is C33H39BrCl4F2N2O2. The van der Waals surface area contributed by atoms with Gasteiger partial charge in [0.2, 0.25) is 0 Å². The molecule has 0 aromatic heterocycles. The van der Waals surface area contributed by atoms with Crippen molar-refractivity contribution < 1.29 is 35.6 Å². The van der Waals surface area contributed by atoms with Crippen LogP contribution in [0.5, 0.6) is 0 Å². The molecule has 3 aromatic rings. The molecule has 0 amide bonds. The average Bonchev–Trinajstić information content (AvgIpc) is 3.81. The molecule has 44 heavy (non-hydrogen) atoms. The van der Waals surface area contributed by atoms with Crippen LogP contribution in [0.2, 0.25) is 10.0 Å². The summed E-state index contributed by atoms with van der Waals surface area (Å²) >= 11 is 19.3. The maximum Gasteiger partial charge on any atom is 0.314 e. The van der Waals surface area contributed by atoms with Crippen LogP contribution in [0.4, 0.5) is 8.78 Å². The van der Waals surface area contributed by atoms with E-state index in [1.807, 2.05) is 6.07 Å². The second-order valence-electron chi connectivity index (χ2n) is 9.89. The van der Waals surface area contributed by atoms with Gasteiger partial charge in [0.15, 0.2) is 0 Å². The first kappa shape index (κ1) is 42.1. The highest BCUT2D eigenvalue weighted by Crippen LogP contribution is 2.49. The molecular weight excluding hydrogens is 716 g/mol. The summed E-state index contributed by atoms with van der Waals surface area (Å²) in [5.41, 5.74) is 1.10. The highest BCUT2D eigenvalue weighted by Gasteiger charge is 2.53. The first-order valence-electron chi connectivity index (χ1n) is 14.0. The molecule has 0 heterocycles. The minimum Gasteiger partial charge on any atom is -1.00 e. The number of benzene rings is 3. The number of quaternary nitrogens is 1. The molecule has 0 radical (unpaired) electrons. The van der Waals surface area contributed by atoms with E-state index < -0.39 is 23.0 Å². The molecule has 0 atom stereocenters. The lowest BCUT2D eigenvalue weighted by Gasteiger charge is -2.35. The van der Waals surface area contributed by atoms with Crippen molar-refractivity contribution in [3.63, 3.8) is 0 Å². The van der Waals surface area contributed by atoms with E-state index in [-0.39, 0.29) is 29.4 Å². The summed E-state index contributed by atoms with van der Waals surface area (Å²) in [6, 6.07) is 21.1. The Kier molecular flexibility index (Phi) is 20.8. The summed E-state index contributed by atoms with van der Waals surface area (Å²) in [4.78, 5) is 10.9. The largest absolute Gasteiger partial charge is 1.00 e. The molecule has 1 aliphatic rings. The van der Waals surface area contributed by atoms with Gasteiger partial charge < -0.3 is 22.0 Å². The number of carboxylic acids is 1. The minimum atomic E-state index is -0.991. The number of rotatable bonds is 9. The third kappa shape index (κ3) is 13.6. The zero-order valence-corrected chi connectivity index (χ0v) is 29.7. The normalized spacial score (nSPS) is 12.4. The Labute approximate surface area is 290 Å². The van der Waals surface area contributed by atoms with Gasteiger partial charge in [-0.2, -0.15) is 5.26 Å². The van der Waals surface area contributed by atoms with Crippen molar-refractivity contribution in [1.82, 2.24) is 0 Å². The third-order valence-electron chi connectivity index (χ3n) is 7.34. The lowest BCUT2D eigenvalue weighted by Crippen LogP contribution is -3.00. The number of carboxylic acid groups (broad SMARTS) is 1. The number of hydrogen-bond donors (Lipinski definition) is 1. The number of nitrogens with zero attached hydrogens (tertiary/aromatic N) is 2. The molecule has 1 fully saturated rings. The van der Waals surface area contributed by atoms with Crippen LogP contribution in [-0.2, 0) is 23.2 Å². The fraction of sp³-hybridized carbons (Fsp3) is 0.394. The molecule has 242 valence electrons. The number of aliphatic carboxylic acids is 1. The molecule has 4 rings (SSSR count). The van der Waals surface area contributed by atoms with Gasteiger partial charge in [-0.25, -0.2) is 8.78 Å². The summed E-state index contributed by atoms with van der Waals surface area (Å²) in [6.07, 6.45) is 1.09. The topological polar surface area (TPSA) is 61.1 Å². The summed E-state index contributed by atoms with van der Waals surface area (Å²) in [5, 5.41) is 18.7. The molecule has 11 heteroatoms. The van der Waals surface area contributed by atoms with Crippen LogP contribution < -0.4 is 12.4 Å². The number of carbonyl (C=O) groups is 1. The first-order valence-corrected chi connectivity index (χ1v) is 16.4. The highest BCUT2D eigenvalue weighted by atomic mass is 79.9. The van der Waals surface area contributed by atoms with Gasteiger partial charge in [-0.3, -0.25) is 4.79 Å². The number of hydrogen-bond acceptors (Lipinski definition) is 2. The quantitative estimate of drug-likeness (QED) is 0.193. The SMILES string of the molecule is CC[N+](CC)(CC)Cc1ccccc1.ClCCBr.N#CCc1ccc(Cl)cc1F.O=C(O)C1(c2ccc(Cl)cc2F)CC1.[Cl-].